The predicted octanol–water partition coefficient (Wildman–Crippen LogP) is 7.21. The van der Waals surface area contributed by atoms with Crippen LogP contribution >= 0.6 is 35.6 Å². The fourth-order valence-corrected chi connectivity index (χ4v) is 6.66. The molecule has 2 saturated heterocycles. The molecule has 3 aromatic carbocycles. The van der Waals surface area contributed by atoms with E-state index in [1.807, 2.05) is 66.7 Å². The van der Waals surface area contributed by atoms with Gasteiger partial charge < -0.3 is 19.9 Å². The summed E-state index contributed by atoms with van der Waals surface area (Å²) < 4.78 is 5.82. The third-order valence-electron chi connectivity index (χ3n) is 8.55. The zero-order valence-electron chi connectivity index (χ0n) is 23.9. The molecule has 1 atom stereocenters. The Kier molecular flexibility index (Phi) is 10.8. The highest BCUT2D eigenvalue weighted by atomic mass is 35.5. The van der Waals surface area contributed by atoms with Crippen molar-refractivity contribution < 1.29 is 14.3 Å². The maximum Gasteiger partial charge on any atom is 0.410 e. The van der Waals surface area contributed by atoms with Crippen LogP contribution in [0.4, 0.5) is 4.79 Å². The number of benzene rings is 3. The van der Waals surface area contributed by atoms with Crippen molar-refractivity contribution in [3.8, 4) is 0 Å². The second-order valence-electron chi connectivity index (χ2n) is 11.4. The molecule has 0 radical (unpaired) electrons. The molecule has 1 N–H and O–H groups in total. The number of likely N-dealkylation sites (tertiary alicyclic amines) is 1. The summed E-state index contributed by atoms with van der Waals surface area (Å²) in [5.41, 5.74) is 2.52. The van der Waals surface area contributed by atoms with Gasteiger partial charge in [-0.25, -0.2) is 4.79 Å². The van der Waals surface area contributed by atoms with Crippen LogP contribution in [0.1, 0.15) is 49.3 Å². The van der Waals surface area contributed by atoms with Gasteiger partial charge in [-0.1, -0.05) is 89.9 Å². The first-order valence-corrected chi connectivity index (χ1v) is 15.0. The zero-order chi connectivity index (χ0) is 28.9. The number of hydrogen-bond donors (Lipinski definition) is 1. The van der Waals surface area contributed by atoms with E-state index in [9.17, 15) is 9.59 Å². The van der Waals surface area contributed by atoms with Gasteiger partial charge in [0.15, 0.2) is 0 Å². The number of amides is 2. The number of carbonyl (C=O) groups is 2. The highest BCUT2D eigenvalue weighted by molar-refractivity contribution is 6.42. The van der Waals surface area contributed by atoms with Crippen LogP contribution in [-0.4, -0.2) is 54.6 Å². The number of nitrogens with one attached hydrogen (secondary N) is 1. The molecule has 2 aliphatic rings. The Morgan fingerprint density at radius 3 is 2.24 bits per heavy atom. The molecule has 6 nitrogen and oxygen atoms in total. The van der Waals surface area contributed by atoms with Gasteiger partial charge in [0.1, 0.15) is 6.61 Å². The second kappa shape index (κ2) is 14.1. The number of cyclic esters (lactones) is 1. The third-order valence-corrected chi connectivity index (χ3v) is 9.29. The minimum atomic E-state index is -0.406. The number of rotatable bonds is 9. The molecule has 224 valence electrons. The summed E-state index contributed by atoms with van der Waals surface area (Å²) in [5.74, 6) is -0.00206. The monoisotopic (exact) mass is 629 g/mol. The molecule has 0 saturated carbocycles. The van der Waals surface area contributed by atoms with E-state index >= 15 is 0 Å². The molecular weight excluding hydrogens is 593 g/mol. The van der Waals surface area contributed by atoms with Crippen molar-refractivity contribution in [2.24, 2.45) is 0 Å². The van der Waals surface area contributed by atoms with E-state index in [-0.39, 0.29) is 29.9 Å². The summed E-state index contributed by atoms with van der Waals surface area (Å²) in [6, 6.07) is 26.0. The summed E-state index contributed by atoms with van der Waals surface area (Å²) in [4.78, 5) is 29.2. The van der Waals surface area contributed by atoms with Crippen LogP contribution in [-0.2, 0) is 27.0 Å². The van der Waals surface area contributed by atoms with Crippen molar-refractivity contribution in [3.63, 3.8) is 0 Å². The van der Waals surface area contributed by atoms with Crippen molar-refractivity contribution >= 4 is 47.6 Å². The van der Waals surface area contributed by atoms with E-state index in [0.717, 1.165) is 62.0 Å². The number of nitrogens with zero attached hydrogens (tertiary/aromatic N) is 2. The topological polar surface area (TPSA) is 61.9 Å². The molecule has 3 aromatic rings. The molecule has 0 aromatic heterocycles. The first kappa shape index (κ1) is 32.2. The summed E-state index contributed by atoms with van der Waals surface area (Å²) in [5, 5.41) is 4.27. The van der Waals surface area contributed by atoms with Crippen molar-refractivity contribution in [1.29, 1.82) is 0 Å². The van der Waals surface area contributed by atoms with Crippen LogP contribution in [0, 0.1) is 0 Å². The van der Waals surface area contributed by atoms with Gasteiger partial charge in [0.25, 0.3) is 0 Å². The van der Waals surface area contributed by atoms with Gasteiger partial charge in [0.2, 0.25) is 5.91 Å². The number of ether oxygens (including phenoxy) is 1. The van der Waals surface area contributed by atoms with Crippen molar-refractivity contribution in [2.75, 3.05) is 32.8 Å². The smallest absolute Gasteiger partial charge is 0.410 e. The third kappa shape index (κ3) is 7.41. The summed E-state index contributed by atoms with van der Waals surface area (Å²) in [6.07, 6.45) is 3.18. The largest absolute Gasteiger partial charge is 0.448 e. The van der Waals surface area contributed by atoms with Gasteiger partial charge in [-0.3, -0.25) is 4.79 Å². The Balaban J connectivity index is 0.00000405. The molecular formula is C33H38Cl3N3O3. The maximum atomic E-state index is 12.8. The van der Waals surface area contributed by atoms with Gasteiger partial charge in [-0.2, -0.15) is 0 Å². The Bertz CT molecular complexity index is 1350. The summed E-state index contributed by atoms with van der Waals surface area (Å²) in [6.45, 7) is 5.62. The zero-order valence-corrected chi connectivity index (χ0v) is 26.2. The van der Waals surface area contributed by atoms with E-state index in [2.05, 4.69) is 22.3 Å². The lowest BCUT2D eigenvalue weighted by Crippen LogP contribution is -2.53. The van der Waals surface area contributed by atoms with Crippen LogP contribution in [0.15, 0.2) is 78.9 Å². The quantitative estimate of drug-likeness (QED) is 0.271. The molecule has 0 bridgehead atoms. The second-order valence-corrected chi connectivity index (χ2v) is 12.2. The van der Waals surface area contributed by atoms with Crippen molar-refractivity contribution in [3.05, 3.63) is 106 Å². The predicted molar refractivity (Wildman–Crippen MR) is 170 cm³/mol. The van der Waals surface area contributed by atoms with Crippen LogP contribution in [0.2, 0.25) is 10.0 Å². The van der Waals surface area contributed by atoms with Crippen molar-refractivity contribution in [2.45, 2.75) is 50.1 Å². The standard InChI is InChI=1S/C33H37Cl2N3O3.ClH/c1-25(39)36-33(27-11-6-3-7-12-27)16-19-37(20-17-33)18-8-15-32(28-13-14-29(34)30(35)21-28)23-38(31(40)41-24-32)22-26-9-4-2-5-10-26;/h2-7,9-14,21H,8,15-20,22-24H2,1H3,(H,36,39);1H. The normalized spacial score (nSPS) is 20.4. The van der Waals surface area contributed by atoms with E-state index < -0.39 is 5.41 Å². The lowest BCUT2D eigenvalue weighted by Gasteiger charge is -2.44. The van der Waals surface area contributed by atoms with Crippen LogP contribution in [0.25, 0.3) is 0 Å². The SMILES string of the molecule is CC(=O)NC1(c2ccccc2)CCN(CCCC2(c3ccc(Cl)c(Cl)c3)COC(=O)N(Cc3ccccc3)C2)CC1.Cl. The molecule has 5 rings (SSSR count). The Morgan fingerprint density at radius 1 is 0.929 bits per heavy atom. The van der Waals surface area contributed by atoms with Gasteiger partial charge >= 0.3 is 6.09 Å². The first-order chi connectivity index (χ1) is 19.8. The lowest BCUT2D eigenvalue weighted by atomic mass is 9.75. The Morgan fingerprint density at radius 2 is 1.60 bits per heavy atom. The highest BCUT2D eigenvalue weighted by Gasteiger charge is 2.42. The molecule has 2 heterocycles. The molecule has 0 spiro atoms. The average Bonchev–Trinajstić information content (AvgIpc) is 2.98. The van der Waals surface area contributed by atoms with E-state index in [1.165, 1.54) is 0 Å². The molecule has 2 amide bonds. The minimum absolute atomic E-state index is 0. The van der Waals surface area contributed by atoms with Crippen LogP contribution < -0.4 is 5.32 Å². The molecule has 1 unspecified atom stereocenters. The van der Waals surface area contributed by atoms with Gasteiger partial charge in [-0.15, -0.1) is 12.4 Å². The number of piperidine rings is 1. The van der Waals surface area contributed by atoms with E-state index in [0.29, 0.717) is 29.7 Å². The number of halogens is 3. The highest BCUT2D eigenvalue weighted by Crippen LogP contribution is 2.38. The maximum absolute atomic E-state index is 12.8. The van der Waals surface area contributed by atoms with Gasteiger partial charge in [0.05, 0.1) is 15.6 Å². The first-order valence-electron chi connectivity index (χ1n) is 14.3. The van der Waals surface area contributed by atoms with E-state index in [4.69, 9.17) is 27.9 Å². The number of carbonyl (C=O) groups excluding carboxylic acids is 2. The Labute approximate surface area is 264 Å². The fraction of sp³-hybridized carbons (Fsp3) is 0.394. The molecule has 2 aliphatic heterocycles. The molecule has 0 aliphatic carbocycles. The van der Waals surface area contributed by atoms with Crippen LogP contribution in [0.3, 0.4) is 0 Å². The molecule has 2 fully saturated rings. The van der Waals surface area contributed by atoms with E-state index in [1.54, 1.807) is 11.8 Å². The Hall–Kier alpha value is -2.77. The number of hydrogen-bond acceptors (Lipinski definition) is 4. The van der Waals surface area contributed by atoms with Gasteiger partial charge in [0, 0.05) is 38.5 Å². The lowest BCUT2D eigenvalue weighted by molar-refractivity contribution is -0.121. The average molecular weight is 631 g/mol. The molecule has 9 heteroatoms. The molecule has 42 heavy (non-hydrogen) atoms. The van der Waals surface area contributed by atoms with Crippen molar-refractivity contribution in [1.82, 2.24) is 15.1 Å². The van der Waals surface area contributed by atoms with Gasteiger partial charge in [-0.05, 0) is 61.1 Å². The summed E-state index contributed by atoms with van der Waals surface area (Å²) in [7, 11) is 0. The fourth-order valence-electron chi connectivity index (χ4n) is 6.37. The summed E-state index contributed by atoms with van der Waals surface area (Å²) >= 11 is 12.7. The van der Waals surface area contributed by atoms with Crippen LogP contribution in [0.5, 0.6) is 0 Å². The minimum Gasteiger partial charge on any atom is -0.448 e.